The Morgan fingerprint density at radius 1 is 1.10 bits per heavy atom. The molecule has 0 saturated carbocycles. The smallest absolute Gasteiger partial charge is 0.142 e. The molecule has 0 fully saturated rings. The van der Waals surface area contributed by atoms with E-state index in [0.29, 0.717) is 13.2 Å². The van der Waals surface area contributed by atoms with Gasteiger partial charge in [-0.25, -0.2) is 0 Å². The minimum absolute atomic E-state index is 0.634. The molecule has 112 valence electrons. The molecule has 21 heavy (non-hydrogen) atoms. The van der Waals surface area contributed by atoms with Crippen LogP contribution in [0, 0.1) is 0 Å². The van der Waals surface area contributed by atoms with Crippen LogP contribution in [0.3, 0.4) is 0 Å². The zero-order chi connectivity index (χ0) is 15.2. The van der Waals surface area contributed by atoms with Crippen LogP contribution in [0.2, 0.25) is 0 Å². The van der Waals surface area contributed by atoms with Crippen LogP contribution in [0.5, 0.6) is 11.5 Å². The highest BCUT2D eigenvalue weighted by Crippen LogP contribution is 2.30. The fourth-order valence-electron chi connectivity index (χ4n) is 2.31. The molecule has 2 aromatic rings. The van der Waals surface area contributed by atoms with Gasteiger partial charge in [-0.3, -0.25) is 0 Å². The summed E-state index contributed by atoms with van der Waals surface area (Å²) in [5, 5.41) is 0. The summed E-state index contributed by atoms with van der Waals surface area (Å²) in [6.07, 6.45) is 0. The highest BCUT2D eigenvalue weighted by atomic mass is 16.5. The van der Waals surface area contributed by atoms with Crippen LogP contribution in [0.15, 0.2) is 42.5 Å². The molecule has 0 bridgehead atoms. The Labute approximate surface area is 126 Å². The Hall–Kier alpha value is -2.36. The second-order valence-corrected chi connectivity index (χ2v) is 4.83. The van der Waals surface area contributed by atoms with E-state index in [1.54, 1.807) is 7.11 Å². The van der Waals surface area contributed by atoms with Crippen LogP contribution in [0.25, 0.3) is 0 Å². The fraction of sp³-hybridized carbons (Fsp3) is 0.294. The summed E-state index contributed by atoms with van der Waals surface area (Å²) in [6.45, 7) is 3.31. The SMILES string of the molecule is CCOc1ccc(N)cc1CN(C)c1ccccc1OC. The molecule has 0 saturated heterocycles. The number of nitrogens with zero attached hydrogens (tertiary/aromatic N) is 1. The van der Waals surface area contributed by atoms with E-state index in [9.17, 15) is 0 Å². The van der Waals surface area contributed by atoms with Crippen molar-refractivity contribution < 1.29 is 9.47 Å². The highest BCUT2D eigenvalue weighted by Gasteiger charge is 2.11. The second kappa shape index (κ2) is 6.88. The Morgan fingerprint density at radius 3 is 2.57 bits per heavy atom. The van der Waals surface area contributed by atoms with Crippen LogP contribution in [-0.2, 0) is 6.54 Å². The molecule has 0 atom stereocenters. The predicted octanol–water partition coefficient (Wildman–Crippen LogP) is 3.31. The number of para-hydroxylation sites is 2. The molecule has 0 radical (unpaired) electrons. The van der Waals surface area contributed by atoms with Gasteiger partial charge in [-0.2, -0.15) is 0 Å². The molecule has 0 aliphatic carbocycles. The van der Waals surface area contributed by atoms with Gasteiger partial charge in [-0.15, -0.1) is 0 Å². The number of benzene rings is 2. The standard InChI is InChI=1S/C17H22N2O2/c1-4-21-16-10-9-14(18)11-13(16)12-19(2)15-7-5-6-8-17(15)20-3/h5-11H,4,12,18H2,1-3H3. The lowest BCUT2D eigenvalue weighted by molar-refractivity contribution is 0.336. The summed E-state index contributed by atoms with van der Waals surface area (Å²) in [4.78, 5) is 2.12. The quantitative estimate of drug-likeness (QED) is 0.828. The first-order valence-electron chi connectivity index (χ1n) is 7.01. The van der Waals surface area contributed by atoms with E-state index in [0.717, 1.165) is 28.4 Å². The van der Waals surface area contributed by atoms with Crippen LogP contribution in [0.1, 0.15) is 12.5 Å². The Balaban J connectivity index is 2.26. The topological polar surface area (TPSA) is 47.7 Å². The third kappa shape index (κ3) is 3.60. The molecule has 0 unspecified atom stereocenters. The molecule has 4 heteroatoms. The van der Waals surface area contributed by atoms with E-state index in [2.05, 4.69) is 4.90 Å². The number of hydrogen-bond acceptors (Lipinski definition) is 4. The summed E-state index contributed by atoms with van der Waals surface area (Å²) >= 11 is 0. The van der Waals surface area contributed by atoms with Gasteiger partial charge in [-0.1, -0.05) is 12.1 Å². The molecule has 2 N–H and O–H groups in total. The monoisotopic (exact) mass is 286 g/mol. The van der Waals surface area contributed by atoms with Crippen LogP contribution in [0.4, 0.5) is 11.4 Å². The van der Waals surface area contributed by atoms with Crippen molar-refractivity contribution in [3.8, 4) is 11.5 Å². The average Bonchev–Trinajstić information content (AvgIpc) is 2.50. The van der Waals surface area contributed by atoms with Gasteiger partial charge in [0, 0.05) is 24.8 Å². The molecule has 0 aromatic heterocycles. The van der Waals surface area contributed by atoms with Crippen molar-refractivity contribution in [3.63, 3.8) is 0 Å². The van der Waals surface area contributed by atoms with Gasteiger partial charge in [0.2, 0.25) is 0 Å². The largest absolute Gasteiger partial charge is 0.495 e. The number of rotatable bonds is 6. The lowest BCUT2D eigenvalue weighted by Crippen LogP contribution is -2.18. The fourth-order valence-corrected chi connectivity index (χ4v) is 2.31. The average molecular weight is 286 g/mol. The highest BCUT2D eigenvalue weighted by molar-refractivity contribution is 5.59. The normalized spacial score (nSPS) is 10.2. The molecular formula is C17H22N2O2. The van der Waals surface area contributed by atoms with Crippen LogP contribution in [-0.4, -0.2) is 20.8 Å². The summed E-state index contributed by atoms with van der Waals surface area (Å²) in [5.74, 6) is 1.72. The number of ether oxygens (including phenoxy) is 2. The van der Waals surface area contributed by atoms with E-state index in [4.69, 9.17) is 15.2 Å². The van der Waals surface area contributed by atoms with Gasteiger partial charge < -0.3 is 20.1 Å². The molecule has 4 nitrogen and oxygen atoms in total. The molecule has 0 amide bonds. The summed E-state index contributed by atoms with van der Waals surface area (Å²) in [6, 6.07) is 13.7. The Bertz CT molecular complexity index is 599. The van der Waals surface area contributed by atoms with E-state index in [1.807, 2.05) is 56.4 Å². The molecule has 0 heterocycles. The zero-order valence-corrected chi connectivity index (χ0v) is 12.8. The van der Waals surface area contributed by atoms with Gasteiger partial charge in [0.1, 0.15) is 11.5 Å². The van der Waals surface area contributed by atoms with Crippen molar-refractivity contribution in [3.05, 3.63) is 48.0 Å². The maximum absolute atomic E-state index is 5.90. The lowest BCUT2D eigenvalue weighted by Gasteiger charge is -2.23. The summed E-state index contributed by atoms with van der Waals surface area (Å²) < 4.78 is 11.1. The molecule has 2 aromatic carbocycles. The Kier molecular flexibility index (Phi) is 4.93. The third-order valence-corrected chi connectivity index (χ3v) is 3.29. The molecular weight excluding hydrogens is 264 g/mol. The summed E-state index contributed by atoms with van der Waals surface area (Å²) in [5.41, 5.74) is 8.73. The predicted molar refractivity (Wildman–Crippen MR) is 87.1 cm³/mol. The Morgan fingerprint density at radius 2 is 1.86 bits per heavy atom. The van der Waals surface area contributed by atoms with Crippen molar-refractivity contribution in [1.29, 1.82) is 0 Å². The minimum atomic E-state index is 0.634. The minimum Gasteiger partial charge on any atom is -0.495 e. The van der Waals surface area contributed by atoms with Crippen molar-refractivity contribution >= 4 is 11.4 Å². The van der Waals surface area contributed by atoms with Crippen molar-refractivity contribution in [1.82, 2.24) is 0 Å². The molecule has 0 aliphatic rings. The van der Waals surface area contributed by atoms with E-state index < -0.39 is 0 Å². The molecule has 2 rings (SSSR count). The van der Waals surface area contributed by atoms with Gasteiger partial charge in [-0.05, 0) is 37.3 Å². The van der Waals surface area contributed by atoms with Crippen molar-refractivity contribution in [2.24, 2.45) is 0 Å². The number of hydrogen-bond donors (Lipinski definition) is 1. The van der Waals surface area contributed by atoms with E-state index in [1.165, 1.54) is 0 Å². The summed E-state index contributed by atoms with van der Waals surface area (Å²) in [7, 11) is 3.70. The maximum atomic E-state index is 5.90. The maximum Gasteiger partial charge on any atom is 0.142 e. The number of methoxy groups -OCH3 is 1. The first kappa shape index (κ1) is 15.0. The van der Waals surface area contributed by atoms with E-state index >= 15 is 0 Å². The first-order valence-corrected chi connectivity index (χ1v) is 7.01. The van der Waals surface area contributed by atoms with Gasteiger partial charge in [0.05, 0.1) is 19.4 Å². The third-order valence-electron chi connectivity index (χ3n) is 3.29. The van der Waals surface area contributed by atoms with Gasteiger partial charge in [0.15, 0.2) is 0 Å². The van der Waals surface area contributed by atoms with Crippen molar-refractivity contribution in [2.75, 3.05) is 31.4 Å². The second-order valence-electron chi connectivity index (χ2n) is 4.83. The van der Waals surface area contributed by atoms with Gasteiger partial charge in [0.25, 0.3) is 0 Å². The van der Waals surface area contributed by atoms with Crippen molar-refractivity contribution in [2.45, 2.75) is 13.5 Å². The van der Waals surface area contributed by atoms with E-state index in [-0.39, 0.29) is 0 Å². The van der Waals surface area contributed by atoms with Crippen LogP contribution >= 0.6 is 0 Å². The zero-order valence-electron chi connectivity index (χ0n) is 12.8. The first-order chi connectivity index (χ1) is 10.2. The van der Waals surface area contributed by atoms with Gasteiger partial charge >= 0.3 is 0 Å². The molecule has 0 spiro atoms. The molecule has 0 aliphatic heterocycles. The lowest BCUT2D eigenvalue weighted by atomic mass is 10.1. The van der Waals surface area contributed by atoms with Crippen LogP contribution < -0.4 is 20.1 Å². The number of anilines is 2. The number of nitrogens with two attached hydrogens (primary N) is 1. The number of nitrogen functional groups attached to an aromatic ring is 1.